The maximum absolute atomic E-state index is 12.5. The van der Waals surface area contributed by atoms with Gasteiger partial charge in [-0.2, -0.15) is 5.26 Å². The topological polar surface area (TPSA) is 107 Å². The van der Waals surface area contributed by atoms with Gasteiger partial charge in [-0.05, 0) is 55.3 Å². The van der Waals surface area contributed by atoms with E-state index < -0.39 is 16.0 Å². The van der Waals surface area contributed by atoms with Crippen molar-refractivity contribution in [2.24, 2.45) is 0 Å². The number of hydrogen-bond acceptors (Lipinski definition) is 4. The number of aryl methyl sites for hydroxylation is 1. The van der Waals surface area contributed by atoms with Crippen LogP contribution in [-0.2, 0) is 10.0 Å². The Kier molecular flexibility index (Phi) is 4.38. The fourth-order valence-electron chi connectivity index (χ4n) is 2.20. The molecule has 2 N–H and O–H groups in total. The van der Waals surface area contributed by atoms with Crippen LogP contribution in [0.1, 0.15) is 27.0 Å². The molecule has 0 aliphatic heterocycles. The van der Waals surface area contributed by atoms with Crippen LogP contribution in [0, 0.1) is 25.2 Å². The highest BCUT2D eigenvalue weighted by Gasteiger charge is 2.19. The van der Waals surface area contributed by atoms with E-state index in [0.717, 1.165) is 0 Å². The normalized spacial score (nSPS) is 10.8. The number of carbonyl (C=O) groups is 1. The highest BCUT2D eigenvalue weighted by molar-refractivity contribution is 7.92. The van der Waals surface area contributed by atoms with Crippen LogP contribution in [0.3, 0.4) is 0 Å². The molecule has 7 heteroatoms. The molecule has 0 fully saturated rings. The Morgan fingerprint density at radius 3 is 2.48 bits per heavy atom. The lowest BCUT2D eigenvalue weighted by molar-refractivity contribution is 0.0696. The molecule has 0 bridgehead atoms. The molecule has 0 heterocycles. The third kappa shape index (κ3) is 3.33. The molecular formula is C16H14N2O4S. The molecular weight excluding hydrogens is 316 g/mol. The Morgan fingerprint density at radius 1 is 1.22 bits per heavy atom. The minimum Gasteiger partial charge on any atom is -0.478 e. The van der Waals surface area contributed by atoms with E-state index in [1.165, 1.54) is 43.3 Å². The number of rotatable bonds is 4. The summed E-state index contributed by atoms with van der Waals surface area (Å²) in [6.45, 7) is 3.13. The molecule has 2 rings (SSSR count). The van der Waals surface area contributed by atoms with E-state index in [1.54, 1.807) is 6.92 Å². The van der Waals surface area contributed by atoms with E-state index in [9.17, 15) is 13.2 Å². The summed E-state index contributed by atoms with van der Waals surface area (Å²) in [7, 11) is -3.89. The summed E-state index contributed by atoms with van der Waals surface area (Å²) in [6, 6.07) is 10.6. The number of hydrogen-bond donors (Lipinski definition) is 2. The van der Waals surface area contributed by atoms with E-state index >= 15 is 0 Å². The van der Waals surface area contributed by atoms with E-state index in [4.69, 9.17) is 10.4 Å². The molecule has 0 amide bonds. The van der Waals surface area contributed by atoms with Crippen molar-refractivity contribution in [3.63, 3.8) is 0 Å². The zero-order chi connectivity index (χ0) is 17.2. The Balaban J connectivity index is 2.46. The minimum atomic E-state index is -3.89. The Hall–Kier alpha value is -2.85. The Morgan fingerprint density at radius 2 is 1.91 bits per heavy atom. The van der Waals surface area contributed by atoms with Crippen LogP contribution in [0.25, 0.3) is 0 Å². The highest BCUT2D eigenvalue weighted by atomic mass is 32.2. The van der Waals surface area contributed by atoms with Gasteiger partial charge < -0.3 is 5.11 Å². The average molecular weight is 330 g/mol. The van der Waals surface area contributed by atoms with Crippen LogP contribution in [-0.4, -0.2) is 19.5 Å². The van der Waals surface area contributed by atoms with Gasteiger partial charge in [0.15, 0.2) is 0 Å². The number of nitrogens with zero attached hydrogens (tertiary/aromatic N) is 1. The number of carboxylic acids is 1. The second-order valence-electron chi connectivity index (χ2n) is 4.98. The van der Waals surface area contributed by atoms with Crippen LogP contribution in [0.15, 0.2) is 41.3 Å². The quantitative estimate of drug-likeness (QED) is 0.896. The predicted molar refractivity (Wildman–Crippen MR) is 84.8 cm³/mol. The second-order valence-corrected chi connectivity index (χ2v) is 6.63. The van der Waals surface area contributed by atoms with Crippen LogP contribution in [0.5, 0.6) is 0 Å². The van der Waals surface area contributed by atoms with Crippen molar-refractivity contribution in [3.8, 4) is 6.07 Å². The summed E-state index contributed by atoms with van der Waals surface area (Å²) in [5, 5.41) is 17.9. The van der Waals surface area contributed by atoms with Crippen LogP contribution in [0.4, 0.5) is 5.69 Å². The summed E-state index contributed by atoms with van der Waals surface area (Å²) in [4.78, 5) is 11.2. The maximum Gasteiger partial charge on any atom is 0.336 e. The van der Waals surface area contributed by atoms with Crippen molar-refractivity contribution >= 4 is 21.7 Å². The van der Waals surface area contributed by atoms with Gasteiger partial charge in [-0.3, -0.25) is 4.72 Å². The number of sulfonamides is 1. The van der Waals surface area contributed by atoms with Crippen molar-refractivity contribution in [2.75, 3.05) is 4.72 Å². The first-order chi connectivity index (χ1) is 10.8. The lowest BCUT2D eigenvalue weighted by Gasteiger charge is -2.13. The first kappa shape index (κ1) is 16.5. The fraction of sp³-hybridized carbons (Fsp3) is 0.125. The van der Waals surface area contributed by atoms with Gasteiger partial charge in [-0.15, -0.1) is 0 Å². The molecule has 0 atom stereocenters. The van der Waals surface area contributed by atoms with Gasteiger partial charge in [-0.25, -0.2) is 13.2 Å². The number of nitrogens with one attached hydrogen (secondary N) is 1. The number of aromatic carboxylic acids is 1. The number of nitriles is 1. The molecule has 2 aromatic rings. The molecule has 6 nitrogen and oxygen atoms in total. The molecule has 0 saturated heterocycles. The van der Waals surface area contributed by atoms with E-state index in [0.29, 0.717) is 16.7 Å². The molecule has 0 aromatic heterocycles. The van der Waals surface area contributed by atoms with E-state index in [1.807, 2.05) is 6.07 Å². The van der Waals surface area contributed by atoms with Gasteiger partial charge in [0.2, 0.25) is 0 Å². The van der Waals surface area contributed by atoms with Crippen molar-refractivity contribution in [1.82, 2.24) is 0 Å². The lowest BCUT2D eigenvalue weighted by Crippen LogP contribution is -2.16. The van der Waals surface area contributed by atoms with Crippen molar-refractivity contribution < 1.29 is 18.3 Å². The molecule has 118 valence electrons. The number of benzene rings is 2. The van der Waals surface area contributed by atoms with Crippen LogP contribution < -0.4 is 4.72 Å². The third-order valence-corrected chi connectivity index (χ3v) is 4.93. The second kappa shape index (κ2) is 6.10. The monoisotopic (exact) mass is 330 g/mol. The Labute approximate surface area is 134 Å². The largest absolute Gasteiger partial charge is 0.478 e. The van der Waals surface area contributed by atoms with E-state index in [2.05, 4.69) is 4.72 Å². The fourth-order valence-corrected chi connectivity index (χ4v) is 3.55. The molecule has 0 aliphatic carbocycles. The summed E-state index contributed by atoms with van der Waals surface area (Å²) in [5.74, 6) is -1.13. The molecule has 0 spiro atoms. The maximum atomic E-state index is 12.5. The van der Waals surface area contributed by atoms with Gasteiger partial charge >= 0.3 is 5.97 Å². The van der Waals surface area contributed by atoms with Crippen molar-refractivity contribution in [2.45, 2.75) is 18.7 Å². The Bertz CT molecular complexity index is 928. The summed E-state index contributed by atoms with van der Waals surface area (Å²) in [5.41, 5.74) is 1.36. The van der Waals surface area contributed by atoms with Gasteiger partial charge in [-0.1, -0.05) is 6.07 Å². The zero-order valence-corrected chi connectivity index (χ0v) is 13.3. The van der Waals surface area contributed by atoms with Crippen LogP contribution >= 0.6 is 0 Å². The summed E-state index contributed by atoms with van der Waals surface area (Å²) < 4.78 is 27.4. The van der Waals surface area contributed by atoms with Crippen molar-refractivity contribution in [3.05, 3.63) is 58.7 Å². The molecule has 0 radical (unpaired) electrons. The molecule has 0 saturated carbocycles. The highest BCUT2D eigenvalue weighted by Crippen LogP contribution is 2.24. The average Bonchev–Trinajstić information content (AvgIpc) is 2.48. The van der Waals surface area contributed by atoms with Gasteiger partial charge in [0, 0.05) is 0 Å². The lowest BCUT2D eigenvalue weighted by atomic mass is 10.1. The SMILES string of the molecule is Cc1cc(C#N)ccc1S(=O)(=O)Nc1cccc(C(=O)O)c1C. The van der Waals surface area contributed by atoms with Crippen molar-refractivity contribution in [1.29, 1.82) is 5.26 Å². The molecule has 2 aromatic carbocycles. The standard InChI is InChI=1S/C16H14N2O4S/c1-10-8-12(9-17)6-7-15(10)23(21,22)18-14-5-3-4-13(11(14)2)16(19)20/h3-8,18H,1-2H3,(H,19,20). The van der Waals surface area contributed by atoms with Gasteiger partial charge in [0.05, 0.1) is 27.8 Å². The third-order valence-electron chi connectivity index (χ3n) is 3.40. The zero-order valence-electron chi connectivity index (χ0n) is 12.5. The summed E-state index contributed by atoms with van der Waals surface area (Å²) in [6.07, 6.45) is 0. The predicted octanol–water partition coefficient (Wildman–Crippen LogP) is 2.67. The first-order valence-electron chi connectivity index (χ1n) is 6.62. The minimum absolute atomic E-state index is 0.0294. The number of carboxylic acid groups (broad SMARTS) is 1. The smallest absolute Gasteiger partial charge is 0.336 e. The first-order valence-corrected chi connectivity index (χ1v) is 8.11. The van der Waals surface area contributed by atoms with Gasteiger partial charge in [0.1, 0.15) is 0 Å². The summed E-state index contributed by atoms with van der Waals surface area (Å²) >= 11 is 0. The molecule has 0 aliphatic rings. The van der Waals surface area contributed by atoms with Gasteiger partial charge in [0.25, 0.3) is 10.0 Å². The molecule has 23 heavy (non-hydrogen) atoms. The number of anilines is 1. The van der Waals surface area contributed by atoms with Crippen LogP contribution in [0.2, 0.25) is 0 Å². The molecule has 0 unspecified atom stereocenters. The van der Waals surface area contributed by atoms with E-state index in [-0.39, 0.29) is 16.1 Å².